The Balaban J connectivity index is 2.15. The van der Waals surface area contributed by atoms with Crippen LogP contribution in [0.5, 0.6) is 0 Å². The molecule has 0 aliphatic carbocycles. The van der Waals surface area contributed by atoms with E-state index in [9.17, 15) is 9.59 Å². The number of ether oxygens (including phenoxy) is 1. The van der Waals surface area contributed by atoms with Gasteiger partial charge >= 0.3 is 5.97 Å². The molecule has 0 aromatic heterocycles. The molecule has 0 aromatic carbocycles. The number of nitrogens with two attached hydrogens (primary N) is 1. The summed E-state index contributed by atoms with van der Waals surface area (Å²) in [7, 11) is 0. The van der Waals surface area contributed by atoms with Crippen LogP contribution in [-0.2, 0) is 14.3 Å². The van der Waals surface area contributed by atoms with Gasteiger partial charge < -0.3 is 15.4 Å². The third-order valence-electron chi connectivity index (χ3n) is 2.80. The lowest BCUT2D eigenvalue weighted by Gasteiger charge is -2.29. The number of cyclic esters (lactones) is 1. The zero-order valence-corrected chi connectivity index (χ0v) is 7.94. The van der Waals surface area contributed by atoms with Crippen molar-refractivity contribution in [3.8, 4) is 0 Å². The van der Waals surface area contributed by atoms with Crippen molar-refractivity contribution < 1.29 is 14.3 Å². The Kier molecular flexibility index (Phi) is 2.41. The largest absolute Gasteiger partial charge is 0.463 e. The number of hydrogen-bond acceptors (Lipinski definition) is 4. The number of carbonyl (C=O) groups is 2. The number of esters is 1. The Labute approximate surface area is 82.2 Å². The van der Waals surface area contributed by atoms with Gasteiger partial charge in [-0.2, -0.15) is 0 Å². The fourth-order valence-electron chi connectivity index (χ4n) is 2.06. The molecule has 0 aromatic rings. The Morgan fingerprint density at radius 2 is 2.21 bits per heavy atom. The molecule has 14 heavy (non-hydrogen) atoms. The first-order valence-electron chi connectivity index (χ1n) is 4.90. The van der Waals surface area contributed by atoms with Gasteiger partial charge in [0.15, 0.2) is 0 Å². The molecule has 2 fully saturated rings. The van der Waals surface area contributed by atoms with E-state index in [2.05, 4.69) is 0 Å². The predicted octanol–water partition coefficient (Wildman–Crippen LogP) is -0.748. The molecule has 1 amide bonds. The van der Waals surface area contributed by atoms with Crippen molar-refractivity contribution in [2.75, 3.05) is 13.2 Å². The van der Waals surface area contributed by atoms with Gasteiger partial charge in [-0.1, -0.05) is 0 Å². The van der Waals surface area contributed by atoms with Crippen LogP contribution >= 0.6 is 0 Å². The van der Waals surface area contributed by atoms with E-state index in [1.807, 2.05) is 0 Å². The third-order valence-corrected chi connectivity index (χ3v) is 2.80. The molecule has 2 N–H and O–H groups in total. The molecule has 5 nitrogen and oxygen atoms in total. The summed E-state index contributed by atoms with van der Waals surface area (Å²) >= 11 is 0. The standard InChI is InChI=1S/C9H14N2O3/c10-7-5-14-8(12)4-6-2-1-3-11(6)9(7)13/h6-7H,1-5,10H2. The van der Waals surface area contributed by atoms with Gasteiger partial charge in [-0.15, -0.1) is 0 Å². The Morgan fingerprint density at radius 1 is 1.43 bits per heavy atom. The molecule has 5 heteroatoms. The smallest absolute Gasteiger partial charge is 0.307 e. The second-order valence-electron chi connectivity index (χ2n) is 3.82. The van der Waals surface area contributed by atoms with Gasteiger partial charge in [0.2, 0.25) is 5.91 Å². The maximum atomic E-state index is 11.7. The zero-order valence-electron chi connectivity index (χ0n) is 7.94. The molecule has 2 heterocycles. The van der Waals surface area contributed by atoms with Crippen molar-refractivity contribution in [3.63, 3.8) is 0 Å². The number of amides is 1. The summed E-state index contributed by atoms with van der Waals surface area (Å²) < 4.78 is 4.86. The lowest BCUT2D eigenvalue weighted by Crippen LogP contribution is -2.50. The molecule has 0 radical (unpaired) electrons. The van der Waals surface area contributed by atoms with Crippen LogP contribution in [0.2, 0.25) is 0 Å². The summed E-state index contributed by atoms with van der Waals surface area (Å²) in [6.45, 7) is 0.741. The normalized spacial score (nSPS) is 33.4. The van der Waals surface area contributed by atoms with Gasteiger partial charge in [0.05, 0.1) is 6.42 Å². The summed E-state index contributed by atoms with van der Waals surface area (Å²) in [6, 6.07) is -0.666. The minimum absolute atomic E-state index is 0.0148. The Hall–Kier alpha value is -1.10. The number of fused-ring (bicyclic) bond motifs is 1. The summed E-state index contributed by atoms with van der Waals surface area (Å²) in [5, 5.41) is 0. The van der Waals surface area contributed by atoms with Gasteiger partial charge in [0, 0.05) is 12.6 Å². The third kappa shape index (κ3) is 1.59. The molecule has 2 aliphatic heterocycles. The summed E-state index contributed by atoms with van der Waals surface area (Å²) in [6.07, 6.45) is 2.16. The lowest BCUT2D eigenvalue weighted by molar-refractivity contribution is -0.151. The highest BCUT2D eigenvalue weighted by atomic mass is 16.5. The van der Waals surface area contributed by atoms with Crippen LogP contribution in [-0.4, -0.2) is 42.0 Å². The summed E-state index contributed by atoms with van der Waals surface area (Å²) in [5.41, 5.74) is 5.60. The molecule has 2 atom stereocenters. The first-order valence-corrected chi connectivity index (χ1v) is 4.90. The van der Waals surface area contributed by atoms with Gasteiger partial charge in [0.1, 0.15) is 12.6 Å². The molecule has 0 bridgehead atoms. The Morgan fingerprint density at radius 3 is 3.00 bits per heavy atom. The summed E-state index contributed by atoms with van der Waals surface area (Å²) in [5.74, 6) is -0.329. The second kappa shape index (κ2) is 3.57. The van der Waals surface area contributed by atoms with Crippen molar-refractivity contribution in [1.29, 1.82) is 0 Å². The van der Waals surface area contributed by atoms with Crippen molar-refractivity contribution in [3.05, 3.63) is 0 Å². The summed E-state index contributed by atoms with van der Waals surface area (Å²) in [4.78, 5) is 24.6. The zero-order chi connectivity index (χ0) is 10.1. The number of carbonyl (C=O) groups excluding carboxylic acids is 2. The first-order chi connectivity index (χ1) is 6.68. The van der Waals surface area contributed by atoms with Crippen LogP contribution in [0.3, 0.4) is 0 Å². The molecule has 2 rings (SSSR count). The highest BCUT2D eigenvalue weighted by Crippen LogP contribution is 2.22. The molecular formula is C9H14N2O3. The predicted molar refractivity (Wildman–Crippen MR) is 48.3 cm³/mol. The van der Waals surface area contributed by atoms with E-state index in [1.165, 1.54) is 0 Å². The van der Waals surface area contributed by atoms with Crippen molar-refractivity contribution in [1.82, 2.24) is 4.90 Å². The maximum absolute atomic E-state index is 11.7. The van der Waals surface area contributed by atoms with Gasteiger partial charge in [-0.3, -0.25) is 9.59 Å². The van der Waals surface area contributed by atoms with Crippen LogP contribution in [0.1, 0.15) is 19.3 Å². The van der Waals surface area contributed by atoms with Crippen molar-refractivity contribution in [2.45, 2.75) is 31.3 Å². The fraction of sp³-hybridized carbons (Fsp3) is 0.778. The average Bonchev–Trinajstić information content (AvgIpc) is 2.59. The van der Waals surface area contributed by atoms with Gasteiger partial charge in [0.25, 0.3) is 0 Å². The average molecular weight is 198 g/mol. The van der Waals surface area contributed by atoms with Gasteiger partial charge in [-0.25, -0.2) is 0 Å². The number of rotatable bonds is 0. The molecule has 2 aliphatic rings. The second-order valence-corrected chi connectivity index (χ2v) is 3.82. The van der Waals surface area contributed by atoms with Crippen molar-refractivity contribution in [2.24, 2.45) is 5.73 Å². The van der Waals surface area contributed by atoms with E-state index >= 15 is 0 Å². The minimum Gasteiger partial charge on any atom is -0.463 e. The molecule has 2 saturated heterocycles. The molecule has 0 saturated carbocycles. The van der Waals surface area contributed by atoms with Crippen LogP contribution < -0.4 is 5.73 Å². The van der Waals surface area contributed by atoms with E-state index in [1.54, 1.807) is 4.90 Å². The van der Waals surface area contributed by atoms with E-state index in [-0.39, 0.29) is 24.5 Å². The SMILES string of the molecule is NC1COC(=O)CC2CCCN2C1=O. The molecule has 0 spiro atoms. The first kappa shape index (κ1) is 9.45. The Bertz CT molecular complexity index is 267. The van der Waals surface area contributed by atoms with E-state index in [4.69, 9.17) is 10.5 Å². The maximum Gasteiger partial charge on any atom is 0.307 e. The lowest BCUT2D eigenvalue weighted by atomic mass is 10.1. The van der Waals surface area contributed by atoms with Crippen LogP contribution in [0.4, 0.5) is 0 Å². The quantitative estimate of drug-likeness (QED) is 0.520. The monoisotopic (exact) mass is 198 g/mol. The van der Waals surface area contributed by atoms with Crippen LogP contribution in [0, 0.1) is 0 Å². The minimum atomic E-state index is -0.681. The highest BCUT2D eigenvalue weighted by molar-refractivity contribution is 5.84. The molecule has 2 unspecified atom stereocenters. The van der Waals surface area contributed by atoms with Gasteiger partial charge in [-0.05, 0) is 12.8 Å². The fourth-order valence-corrected chi connectivity index (χ4v) is 2.06. The molecule has 78 valence electrons. The molecular weight excluding hydrogens is 184 g/mol. The highest BCUT2D eigenvalue weighted by Gasteiger charge is 2.35. The van der Waals surface area contributed by atoms with Crippen LogP contribution in [0.25, 0.3) is 0 Å². The topological polar surface area (TPSA) is 72.6 Å². The number of hydrogen-bond donors (Lipinski definition) is 1. The van der Waals surface area contributed by atoms with Crippen molar-refractivity contribution >= 4 is 11.9 Å². The number of nitrogens with zero attached hydrogens (tertiary/aromatic N) is 1. The van der Waals surface area contributed by atoms with E-state index in [0.29, 0.717) is 6.42 Å². The van der Waals surface area contributed by atoms with E-state index < -0.39 is 6.04 Å². The van der Waals surface area contributed by atoms with E-state index in [0.717, 1.165) is 19.4 Å². The van der Waals surface area contributed by atoms with Crippen LogP contribution in [0.15, 0.2) is 0 Å².